The summed E-state index contributed by atoms with van der Waals surface area (Å²) in [5, 5.41) is 43.3. The first-order chi connectivity index (χ1) is 34.2. The number of nitrogens with one attached hydrogen (secondary N) is 6. The molecule has 0 bridgehead atoms. The maximum atomic E-state index is 12.4. The second kappa shape index (κ2) is 46.1. The van der Waals surface area contributed by atoms with Gasteiger partial charge in [0.1, 0.15) is 31.3 Å². The number of aliphatic carboxylic acids is 3. The van der Waals surface area contributed by atoms with Crippen molar-refractivity contribution in [1.82, 2.24) is 31.9 Å². The lowest BCUT2D eigenvalue weighted by molar-refractivity contribution is -0.143. The maximum absolute atomic E-state index is 12.4. The number of carboxylic acids is 3. The van der Waals surface area contributed by atoms with Crippen molar-refractivity contribution >= 4 is 53.4 Å². The molecule has 23 heteroatoms. The Labute approximate surface area is 419 Å². The van der Waals surface area contributed by atoms with E-state index in [1.165, 1.54) is 45.6 Å². The zero-order valence-corrected chi connectivity index (χ0v) is 42.3. The van der Waals surface area contributed by atoms with E-state index in [2.05, 4.69) is 31.9 Å². The quantitative estimate of drug-likeness (QED) is 0.0312. The molecule has 0 rings (SSSR count). The molecule has 9 N–H and O–H groups in total. The summed E-state index contributed by atoms with van der Waals surface area (Å²) in [5.74, 6) is -5.73. The number of likely N-dealkylation sites (N-methyl/N-ethyl adjacent to an activating group) is 1. The highest BCUT2D eigenvalue weighted by atomic mass is 16.5. The van der Waals surface area contributed by atoms with Crippen molar-refractivity contribution in [2.24, 2.45) is 0 Å². The number of rotatable bonds is 50. The normalized spacial score (nSPS) is 12.3. The molecule has 23 nitrogen and oxygen atoms in total. The molecule has 71 heavy (non-hydrogen) atoms. The van der Waals surface area contributed by atoms with E-state index in [0.717, 1.165) is 44.9 Å². The Morgan fingerprint density at radius 1 is 0.394 bits per heavy atom. The predicted molar refractivity (Wildman–Crippen MR) is 260 cm³/mol. The van der Waals surface area contributed by atoms with Gasteiger partial charge in [-0.2, -0.15) is 0 Å². The summed E-state index contributed by atoms with van der Waals surface area (Å²) in [6.45, 7) is 0.803. The molecular weight excluding hydrogens is 933 g/mol. The molecule has 0 saturated heterocycles. The summed E-state index contributed by atoms with van der Waals surface area (Å²) in [6, 6.07) is -2.88. The minimum atomic E-state index is -1.29. The maximum Gasteiger partial charge on any atom is 0.326 e. The van der Waals surface area contributed by atoms with Crippen molar-refractivity contribution in [2.75, 3.05) is 86.6 Å². The monoisotopic (exact) mass is 1020 g/mol. The van der Waals surface area contributed by atoms with E-state index < -0.39 is 48.5 Å². The Bertz CT molecular complexity index is 1510. The van der Waals surface area contributed by atoms with Crippen LogP contribution in [0.5, 0.6) is 0 Å². The van der Waals surface area contributed by atoms with Crippen LogP contribution in [0.2, 0.25) is 0 Å². The fourth-order valence-electron chi connectivity index (χ4n) is 7.00. The molecular formula is C48H86N6O17. The summed E-state index contributed by atoms with van der Waals surface area (Å²) in [7, 11) is 2.96. The molecule has 5 amide bonds. The zero-order chi connectivity index (χ0) is 52.7. The van der Waals surface area contributed by atoms with Crippen molar-refractivity contribution in [1.29, 1.82) is 0 Å². The molecule has 0 fully saturated rings. The number of unbranched alkanes of at least 4 members (excludes halogenated alkanes) is 14. The van der Waals surface area contributed by atoms with Crippen molar-refractivity contribution in [3.05, 3.63) is 0 Å². The molecule has 0 aliphatic rings. The molecule has 0 aromatic heterocycles. The lowest BCUT2D eigenvalue weighted by Gasteiger charge is -2.15. The molecule has 0 radical (unpaired) electrons. The lowest BCUT2D eigenvalue weighted by Crippen LogP contribution is -2.43. The number of hydrogen-bond donors (Lipinski definition) is 9. The Morgan fingerprint density at radius 2 is 0.803 bits per heavy atom. The van der Waals surface area contributed by atoms with Crippen molar-refractivity contribution in [3.8, 4) is 0 Å². The Kier molecular flexibility index (Phi) is 42.9. The Hall–Kier alpha value is -4.97. The number of carboxylic acid groups (broad SMARTS) is 3. The van der Waals surface area contributed by atoms with Crippen molar-refractivity contribution in [3.63, 3.8) is 0 Å². The number of methoxy groups -OCH3 is 1. The van der Waals surface area contributed by atoms with Crippen LogP contribution >= 0.6 is 0 Å². The van der Waals surface area contributed by atoms with Crippen LogP contribution in [0, 0.1) is 0 Å². The van der Waals surface area contributed by atoms with Crippen molar-refractivity contribution < 1.29 is 82.2 Å². The first-order valence-electron chi connectivity index (χ1n) is 25.3. The van der Waals surface area contributed by atoms with Gasteiger partial charge in [0, 0.05) is 45.3 Å². The van der Waals surface area contributed by atoms with E-state index in [9.17, 15) is 53.4 Å². The predicted octanol–water partition coefficient (Wildman–Crippen LogP) is 2.36. The van der Waals surface area contributed by atoms with E-state index in [1.807, 2.05) is 0 Å². The second-order valence-electron chi connectivity index (χ2n) is 17.1. The number of carbonyl (C=O) groups excluding carboxylic acids is 6. The highest BCUT2D eigenvalue weighted by Gasteiger charge is 2.22. The molecule has 0 saturated carbocycles. The van der Waals surface area contributed by atoms with Gasteiger partial charge in [-0.15, -0.1) is 0 Å². The number of amides is 5. The number of ether oxygens (including phenoxy) is 5. The summed E-state index contributed by atoms with van der Waals surface area (Å²) in [5.41, 5.74) is 0. The van der Waals surface area contributed by atoms with Crippen LogP contribution in [-0.4, -0.2) is 174 Å². The topological polar surface area (TPSA) is 333 Å². The van der Waals surface area contributed by atoms with E-state index in [-0.39, 0.29) is 127 Å². The lowest BCUT2D eigenvalue weighted by atomic mass is 10.0. The van der Waals surface area contributed by atoms with E-state index >= 15 is 0 Å². The second-order valence-corrected chi connectivity index (χ2v) is 17.1. The minimum absolute atomic E-state index is 0.0289. The molecule has 0 heterocycles. The highest BCUT2D eigenvalue weighted by molar-refractivity contribution is 5.85. The van der Waals surface area contributed by atoms with Crippen LogP contribution in [-0.2, 0) is 66.8 Å². The van der Waals surface area contributed by atoms with Gasteiger partial charge in [-0.3, -0.25) is 33.6 Å². The van der Waals surface area contributed by atoms with Crippen LogP contribution in [0.3, 0.4) is 0 Å². The van der Waals surface area contributed by atoms with E-state index in [4.69, 9.17) is 28.8 Å². The summed E-state index contributed by atoms with van der Waals surface area (Å²) in [4.78, 5) is 106. The fourth-order valence-corrected chi connectivity index (χ4v) is 7.00. The van der Waals surface area contributed by atoms with E-state index in [0.29, 0.717) is 32.2 Å². The van der Waals surface area contributed by atoms with Gasteiger partial charge in [-0.05, 0) is 52.0 Å². The molecule has 3 atom stereocenters. The van der Waals surface area contributed by atoms with Gasteiger partial charge < -0.3 is 70.9 Å². The number of esters is 1. The van der Waals surface area contributed by atoms with E-state index in [1.54, 1.807) is 7.05 Å². The third-order valence-corrected chi connectivity index (χ3v) is 11.1. The number of carbonyl (C=O) groups is 9. The zero-order valence-electron chi connectivity index (χ0n) is 42.3. The molecule has 410 valence electrons. The fraction of sp³-hybridized carbons (Fsp3) is 0.812. The average molecular weight is 1020 g/mol. The van der Waals surface area contributed by atoms with Gasteiger partial charge in [0.05, 0.1) is 46.8 Å². The molecule has 0 aromatic rings. The van der Waals surface area contributed by atoms with Crippen LogP contribution in [0.15, 0.2) is 0 Å². The Morgan fingerprint density at radius 3 is 1.25 bits per heavy atom. The molecule has 0 unspecified atom stereocenters. The van der Waals surface area contributed by atoms with Gasteiger partial charge in [0.2, 0.25) is 29.5 Å². The van der Waals surface area contributed by atoms with Gasteiger partial charge in [0.25, 0.3) is 0 Å². The van der Waals surface area contributed by atoms with Crippen LogP contribution < -0.4 is 31.9 Å². The minimum Gasteiger partial charge on any atom is -0.481 e. The molecule has 0 aliphatic carbocycles. The first-order valence-corrected chi connectivity index (χ1v) is 25.3. The van der Waals surface area contributed by atoms with Gasteiger partial charge in [0.15, 0.2) is 0 Å². The number of hydrogen-bond acceptors (Lipinski definition) is 15. The molecule has 0 spiro atoms. The Balaban J connectivity index is 3.81. The van der Waals surface area contributed by atoms with Gasteiger partial charge >= 0.3 is 23.9 Å². The summed E-state index contributed by atoms with van der Waals surface area (Å²) in [6.07, 6.45) is 16.8. The summed E-state index contributed by atoms with van der Waals surface area (Å²) >= 11 is 0. The van der Waals surface area contributed by atoms with Crippen LogP contribution in [0.4, 0.5) is 0 Å². The van der Waals surface area contributed by atoms with Crippen LogP contribution in [0.1, 0.15) is 148 Å². The third kappa shape index (κ3) is 42.4. The van der Waals surface area contributed by atoms with Crippen LogP contribution in [0.25, 0.3) is 0 Å². The van der Waals surface area contributed by atoms with Gasteiger partial charge in [-0.1, -0.05) is 77.0 Å². The summed E-state index contributed by atoms with van der Waals surface area (Å²) < 4.78 is 25.9. The smallest absolute Gasteiger partial charge is 0.326 e. The standard InChI is InChI=1S/C48H86N6O17/c1-49-39(48(66)67-2)19-17-18-26-50-40(55)24-23-38(47(64)65)54-44(59)36-71-34-32-69-30-28-52-43(58)35-70-33-31-68-29-27-51-41(56)25-22-37(46(62)63)53-42(57)20-15-13-11-9-7-5-3-4-6-8-10-12-14-16-21-45(60)61/h37-39,49H,3-36H2,1-2H3,(H,50,55)(H,51,56)(H,52,58)(H,53,57)(H,54,59)(H,60,61)(H,62,63)(H,64,65)/t37-,38-,39+/m0/s1. The third-order valence-electron chi connectivity index (χ3n) is 11.1. The average Bonchev–Trinajstić information content (AvgIpc) is 3.33. The molecule has 0 aromatic carbocycles. The largest absolute Gasteiger partial charge is 0.481 e. The van der Waals surface area contributed by atoms with Crippen molar-refractivity contribution in [2.45, 2.75) is 166 Å². The first kappa shape index (κ1) is 66.0. The SMILES string of the molecule is CN[C@H](CCCCNC(=O)CC[C@H](NC(=O)COCCOCCNC(=O)COCCOCCNC(=O)CC[C@H](NC(=O)CCCCCCCCCCCCCCCCC(=O)O)C(=O)O)C(=O)O)C(=O)OC. The highest BCUT2D eigenvalue weighted by Crippen LogP contribution is 2.14. The molecule has 0 aliphatic heterocycles. The van der Waals surface area contributed by atoms with Gasteiger partial charge in [-0.25, -0.2) is 9.59 Å².